The third kappa shape index (κ3) is 18.0. The summed E-state index contributed by atoms with van der Waals surface area (Å²) in [5.74, 6) is -1.34. The SMILES string of the molecule is O=C(O)CCOCOCOCOCCNC(=O)[C@H](CCCCNF)NC(=O)OC1/C=C/CCCCC1. The van der Waals surface area contributed by atoms with Gasteiger partial charge in [-0.15, -0.1) is 4.48 Å². The zero-order valence-electron chi connectivity index (χ0n) is 20.7. The molecule has 208 valence electrons. The lowest BCUT2D eigenvalue weighted by atomic mass is 10.0. The van der Waals surface area contributed by atoms with Gasteiger partial charge in [0.1, 0.15) is 25.7 Å². The van der Waals surface area contributed by atoms with Gasteiger partial charge in [0.25, 0.3) is 0 Å². The van der Waals surface area contributed by atoms with E-state index in [9.17, 15) is 18.9 Å². The highest BCUT2D eigenvalue weighted by Crippen LogP contribution is 2.14. The molecule has 1 aliphatic carbocycles. The Kier molecular flexibility index (Phi) is 19.3. The van der Waals surface area contributed by atoms with Gasteiger partial charge in [-0.2, -0.15) is 5.54 Å². The molecule has 0 aromatic rings. The van der Waals surface area contributed by atoms with Gasteiger partial charge in [-0.1, -0.05) is 12.5 Å². The van der Waals surface area contributed by atoms with Gasteiger partial charge in [0.2, 0.25) is 5.91 Å². The highest BCUT2D eigenvalue weighted by atomic mass is 19.2. The Bertz CT molecular complexity index is 640. The maximum Gasteiger partial charge on any atom is 0.408 e. The van der Waals surface area contributed by atoms with Crippen molar-refractivity contribution in [2.75, 3.05) is 46.7 Å². The molecule has 0 saturated carbocycles. The first-order valence-electron chi connectivity index (χ1n) is 12.3. The van der Waals surface area contributed by atoms with Crippen LogP contribution >= 0.6 is 0 Å². The van der Waals surface area contributed by atoms with Gasteiger partial charge < -0.3 is 39.4 Å². The van der Waals surface area contributed by atoms with Gasteiger partial charge in [-0.25, -0.2) is 4.79 Å². The van der Waals surface area contributed by atoms with E-state index in [1.54, 1.807) is 5.54 Å². The number of nitrogens with one attached hydrogen (secondary N) is 3. The van der Waals surface area contributed by atoms with Crippen LogP contribution in [0.15, 0.2) is 12.2 Å². The minimum absolute atomic E-state index is 0.0451. The zero-order chi connectivity index (χ0) is 26.3. The first kappa shape index (κ1) is 31.7. The maximum absolute atomic E-state index is 12.6. The van der Waals surface area contributed by atoms with Gasteiger partial charge in [0.05, 0.1) is 19.6 Å². The van der Waals surface area contributed by atoms with Crippen LogP contribution < -0.4 is 16.2 Å². The van der Waals surface area contributed by atoms with Crippen LogP contribution in [-0.2, 0) is 33.3 Å². The summed E-state index contributed by atoms with van der Waals surface area (Å²) in [6, 6.07) is -0.819. The first-order chi connectivity index (χ1) is 17.5. The lowest BCUT2D eigenvalue weighted by Gasteiger charge is -2.21. The Balaban J connectivity index is 2.25. The van der Waals surface area contributed by atoms with Crippen molar-refractivity contribution in [2.24, 2.45) is 0 Å². The molecule has 0 radical (unpaired) electrons. The molecule has 12 nitrogen and oxygen atoms in total. The van der Waals surface area contributed by atoms with Crippen molar-refractivity contribution >= 4 is 18.0 Å². The Morgan fingerprint density at radius 1 is 0.972 bits per heavy atom. The maximum atomic E-state index is 12.6. The molecule has 0 aromatic heterocycles. The largest absolute Gasteiger partial charge is 0.481 e. The molecule has 4 N–H and O–H groups in total. The van der Waals surface area contributed by atoms with E-state index in [-0.39, 0.29) is 65.1 Å². The number of carbonyl (C=O) groups is 3. The fourth-order valence-corrected chi connectivity index (χ4v) is 3.24. The Labute approximate surface area is 211 Å². The molecule has 0 fully saturated rings. The average Bonchev–Trinajstić information content (AvgIpc) is 2.83. The summed E-state index contributed by atoms with van der Waals surface area (Å²) in [5.41, 5.74) is 1.57. The molecule has 1 unspecified atom stereocenters. The first-order valence-corrected chi connectivity index (χ1v) is 12.3. The summed E-state index contributed by atoms with van der Waals surface area (Å²) in [5, 5.41) is 13.8. The number of carboxylic acid groups (broad SMARTS) is 1. The molecule has 2 amide bonds. The molecule has 0 aliphatic heterocycles. The molecular formula is C23H40FN3O9. The average molecular weight is 522 g/mol. The highest BCUT2D eigenvalue weighted by molar-refractivity contribution is 5.85. The summed E-state index contributed by atoms with van der Waals surface area (Å²) >= 11 is 0. The van der Waals surface area contributed by atoms with E-state index in [1.165, 1.54) is 0 Å². The molecule has 0 bridgehead atoms. The van der Waals surface area contributed by atoms with Crippen LogP contribution in [0.4, 0.5) is 9.28 Å². The van der Waals surface area contributed by atoms with Gasteiger partial charge in [0, 0.05) is 13.1 Å². The fraction of sp³-hybridized carbons (Fsp3) is 0.783. The monoisotopic (exact) mass is 521 g/mol. The number of hydrogen-bond donors (Lipinski definition) is 4. The highest BCUT2D eigenvalue weighted by Gasteiger charge is 2.22. The smallest absolute Gasteiger partial charge is 0.408 e. The summed E-state index contributed by atoms with van der Waals surface area (Å²) in [6.07, 6.45) is 9.06. The number of halogens is 1. The lowest BCUT2D eigenvalue weighted by Crippen LogP contribution is -2.48. The molecule has 13 heteroatoms. The molecule has 0 heterocycles. The lowest BCUT2D eigenvalue weighted by molar-refractivity contribution is -0.171. The standard InChI is InChI=1S/C23H40FN3O9/c24-26-12-7-6-10-20(27-23(31)36-19-8-4-2-1-3-5-9-19)22(30)25-13-15-33-17-35-18-34-16-32-14-11-21(28)29/h4,8,19-20,26H,1-3,5-7,9-18H2,(H,25,30)(H,27,31)(H,28,29)/b8-4+/t19?,20-/m0/s1. The molecular weight excluding hydrogens is 481 g/mol. The molecule has 2 atom stereocenters. The van der Waals surface area contributed by atoms with Crippen LogP contribution in [0, 0.1) is 0 Å². The van der Waals surface area contributed by atoms with Crippen LogP contribution in [0.5, 0.6) is 0 Å². The molecule has 1 rings (SSSR count). The van der Waals surface area contributed by atoms with Crippen LogP contribution in [-0.4, -0.2) is 81.9 Å². The number of carbonyl (C=O) groups excluding carboxylic acids is 2. The number of alkyl carbamates (subject to hydrolysis) is 1. The molecule has 0 aromatic carbocycles. The van der Waals surface area contributed by atoms with Gasteiger partial charge >= 0.3 is 12.1 Å². The summed E-state index contributed by atoms with van der Waals surface area (Å²) in [7, 11) is 0. The number of hydrogen-bond acceptors (Lipinski definition) is 9. The van der Waals surface area contributed by atoms with Gasteiger partial charge in [-0.3, -0.25) is 9.59 Å². The predicted octanol–water partition coefficient (Wildman–Crippen LogP) is 2.14. The van der Waals surface area contributed by atoms with Crippen molar-refractivity contribution in [3.05, 3.63) is 12.2 Å². The zero-order valence-corrected chi connectivity index (χ0v) is 20.7. The molecule has 0 spiro atoms. The number of unbranched alkanes of at least 4 members (excludes halogenated alkanes) is 1. The van der Waals surface area contributed by atoms with Crippen molar-refractivity contribution in [3.63, 3.8) is 0 Å². The predicted molar refractivity (Wildman–Crippen MR) is 126 cm³/mol. The van der Waals surface area contributed by atoms with E-state index in [0.29, 0.717) is 19.3 Å². The summed E-state index contributed by atoms with van der Waals surface area (Å²) in [6.45, 7) is 0.282. The minimum Gasteiger partial charge on any atom is -0.481 e. The number of amides is 2. The van der Waals surface area contributed by atoms with Crippen molar-refractivity contribution in [1.82, 2.24) is 16.2 Å². The topological polar surface area (TPSA) is 154 Å². The van der Waals surface area contributed by atoms with E-state index >= 15 is 0 Å². The second-order valence-corrected chi connectivity index (χ2v) is 8.10. The minimum atomic E-state index is -0.953. The van der Waals surface area contributed by atoms with Crippen LogP contribution in [0.3, 0.4) is 0 Å². The van der Waals surface area contributed by atoms with Crippen LogP contribution in [0.2, 0.25) is 0 Å². The Morgan fingerprint density at radius 3 is 2.47 bits per heavy atom. The molecule has 0 saturated heterocycles. The number of aliphatic carboxylic acids is 1. The van der Waals surface area contributed by atoms with Crippen molar-refractivity contribution in [3.8, 4) is 0 Å². The summed E-state index contributed by atoms with van der Waals surface area (Å²) < 4.78 is 37.8. The molecule has 36 heavy (non-hydrogen) atoms. The third-order valence-corrected chi connectivity index (χ3v) is 5.10. The fourth-order valence-electron chi connectivity index (χ4n) is 3.24. The van der Waals surface area contributed by atoms with E-state index in [0.717, 1.165) is 32.1 Å². The van der Waals surface area contributed by atoms with Gasteiger partial charge in [-0.05, 0) is 51.0 Å². The van der Waals surface area contributed by atoms with E-state index < -0.39 is 18.1 Å². The van der Waals surface area contributed by atoms with Crippen molar-refractivity contribution in [1.29, 1.82) is 0 Å². The summed E-state index contributed by atoms with van der Waals surface area (Å²) in [4.78, 5) is 35.3. The van der Waals surface area contributed by atoms with Crippen LogP contribution in [0.25, 0.3) is 0 Å². The number of allylic oxidation sites excluding steroid dienone is 1. The second-order valence-electron chi connectivity index (χ2n) is 8.10. The Hall–Kier alpha value is -2.32. The number of carboxylic acids is 1. The quantitative estimate of drug-likeness (QED) is 0.0811. The van der Waals surface area contributed by atoms with E-state index in [4.69, 9.17) is 28.8 Å². The molecule has 1 aliphatic rings. The van der Waals surface area contributed by atoms with E-state index in [2.05, 4.69) is 10.6 Å². The van der Waals surface area contributed by atoms with Crippen LogP contribution in [0.1, 0.15) is 57.8 Å². The second kappa shape index (κ2) is 21.9. The number of rotatable bonds is 20. The number of ether oxygens (including phenoxy) is 5. The normalized spacial score (nSPS) is 17.4. The van der Waals surface area contributed by atoms with Crippen molar-refractivity contribution < 1.29 is 47.7 Å². The Morgan fingerprint density at radius 2 is 1.72 bits per heavy atom. The van der Waals surface area contributed by atoms with E-state index in [1.807, 2.05) is 12.2 Å². The van der Waals surface area contributed by atoms with Crippen molar-refractivity contribution in [2.45, 2.75) is 69.9 Å². The van der Waals surface area contributed by atoms with Gasteiger partial charge in [0.15, 0.2) is 6.79 Å². The third-order valence-electron chi connectivity index (χ3n) is 5.10.